The van der Waals surface area contributed by atoms with E-state index in [1.807, 2.05) is 0 Å². The van der Waals surface area contributed by atoms with Crippen LogP contribution in [-0.4, -0.2) is 51.0 Å². The third-order valence-electron chi connectivity index (χ3n) is 8.03. The number of amides is 1. The Labute approximate surface area is 179 Å². The van der Waals surface area contributed by atoms with Gasteiger partial charge in [-0.25, -0.2) is 8.42 Å². The number of nitrogens with zero attached hydrogens (tertiary/aromatic N) is 1. The van der Waals surface area contributed by atoms with E-state index in [0.29, 0.717) is 32.2 Å². The number of fused-ring (bicyclic) bond motifs is 2. The van der Waals surface area contributed by atoms with Crippen molar-refractivity contribution in [1.82, 2.24) is 9.62 Å². The van der Waals surface area contributed by atoms with Crippen molar-refractivity contribution in [3.63, 3.8) is 0 Å². The molecular formula is C23H32N2O4S. The lowest BCUT2D eigenvalue weighted by atomic mass is 9.69. The van der Waals surface area contributed by atoms with Crippen LogP contribution in [0.2, 0.25) is 0 Å². The molecule has 1 aromatic rings. The number of sulfonamides is 1. The van der Waals surface area contributed by atoms with E-state index >= 15 is 0 Å². The molecule has 3 fully saturated rings. The highest BCUT2D eigenvalue weighted by Gasteiger charge is 2.61. The minimum absolute atomic E-state index is 0.0883. The molecule has 3 aliphatic rings. The quantitative estimate of drug-likeness (QED) is 0.726. The first-order valence-electron chi connectivity index (χ1n) is 10.8. The van der Waals surface area contributed by atoms with Gasteiger partial charge < -0.3 is 10.1 Å². The van der Waals surface area contributed by atoms with Crippen molar-refractivity contribution in [2.75, 3.05) is 26.3 Å². The third kappa shape index (κ3) is 3.61. The van der Waals surface area contributed by atoms with Crippen molar-refractivity contribution in [3.05, 3.63) is 35.9 Å². The number of ether oxygens (including phenoxy) is 1. The molecule has 1 aromatic carbocycles. The first kappa shape index (κ1) is 21.5. The Balaban J connectivity index is 1.38. The molecule has 2 aliphatic carbocycles. The largest absolute Gasteiger partial charge is 0.379 e. The van der Waals surface area contributed by atoms with Crippen LogP contribution >= 0.6 is 0 Å². The fourth-order valence-corrected chi connectivity index (χ4v) is 6.91. The standard InChI is InChI=1S/C23H32N2O4S/c1-22(2)18-10-11-23(22,3)20(16-18)24-21(26)9-6-17-4-7-19(8-5-17)30(27,28)25-12-14-29-15-13-25/h4-9,18,20H,10-16H2,1-3H3,(H,24,26)/b9-6+. The summed E-state index contributed by atoms with van der Waals surface area (Å²) in [5, 5.41) is 3.22. The number of benzene rings is 1. The van der Waals surface area contributed by atoms with Crippen molar-refractivity contribution in [2.24, 2.45) is 16.7 Å². The van der Waals surface area contributed by atoms with Gasteiger partial charge in [-0.05, 0) is 59.8 Å². The smallest absolute Gasteiger partial charge is 0.244 e. The highest BCUT2D eigenvalue weighted by molar-refractivity contribution is 7.89. The van der Waals surface area contributed by atoms with Crippen LogP contribution in [0.1, 0.15) is 45.6 Å². The highest BCUT2D eigenvalue weighted by Crippen LogP contribution is 2.65. The van der Waals surface area contributed by atoms with Gasteiger partial charge in [-0.1, -0.05) is 32.9 Å². The average Bonchev–Trinajstić information content (AvgIpc) is 3.07. The van der Waals surface area contributed by atoms with E-state index in [4.69, 9.17) is 4.74 Å². The van der Waals surface area contributed by atoms with Crippen LogP contribution < -0.4 is 5.32 Å². The molecule has 7 heteroatoms. The Morgan fingerprint density at radius 3 is 2.40 bits per heavy atom. The maximum absolute atomic E-state index is 12.7. The summed E-state index contributed by atoms with van der Waals surface area (Å²) in [4.78, 5) is 12.8. The minimum atomic E-state index is -3.50. The number of carbonyl (C=O) groups excluding carboxylic acids is 1. The minimum Gasteiger partial charge on any atom is -0.379 e. The fraction of sp³-hybridized carbons (Fsp3) is 0.609. The second-order valence-electron chi connectivity index (χ2n) is 9.59. The van der Waals surface area contributed by atoms with Crippen LogP contribution in [0.4, 0.5) is 0 Å². The summed E-state index contributed by atoms with van der Waals surface area (Å²) in [6, 6.07) is 6.88. The molecule has 0 aromatic heterocycles. The molecule has 164 valence electrons. The molecule has 3 unspecified atom stereocenters. The summed E-state index contributed by atoms with van der Waals surface area (Å²) in [5.74, 6) is 0.590. The molecule has 1 N–H and O–H groups in total. The maximum Gasteiger partial charge on any atom is 0.244 e. The normalized spacial score (nSPS) is 31.3. The SMILES string of the molecule is CC1(C)C2CCC1(C)C(NC(=O)/C=C/c1ccc(S(=O)(=O)N3CCOCC3)cc1)C2. The van der Waals surface area contributed by atoms with Gasteiger partial charge in [0, 0.05) is 25.2 Å². The molecule has 1 aliphatic heterocycles. The predicted octanol–water partition coefficient (Wildman–Crippen LogP) is 3.05. The van der Waals surface area contributed by atoms with Gasteiger partial charge in [0.05, 0.1) is 18.1 Å². The molecule has 4 rings (SSSR count). The van der Waals surface area contributed by atoms with E-state index < -0.39 is 10.0 Å². The summed E-state index contributed by atoms with van der Waals surface area (Å²) in [6.07, 6.45) is 6.76. The van der Waals surface area contributed by atoms with Gasteiger partial charge in [0.2, 0.25) is 15.9 Å². The molecular weight excluding hydrogens is 400 g/mol. The molecule has 1 saturated heterocycles. The zero-order chi connectivity index (χ0) is 21.6. The van der Waals surface area contributed by atoms with Gasteiger partial charge in [0.15, 0.2) is 0 Å². The second kappa shape index (κ2) is 7.77. The van der Waals surface area contributed by atoms with Crippen molar-refractivity contribution in [1.29, 1.82) is 0 Å². The first-order valence-corrected chi connectivity index (χ1v) is 12.3. The number of hydrogen-bond acceptors (Lipinski definition) is 4. The zero-order valence-corrected chi connectivity index (χ0v) is 18.9. The van der Waals surface area contributed by atoms with Gasteiger partial charge in [-0.2, -0.15) is 4.31 Å². The molecule has 1 heterocycles. The number of hydrogen-bond donors (Lipinski definition) is 1. The summed E-state index contributed by atoms with van der Waals surface area (Å²) >= 11 is 0. The van der Waals surface area contributed by atoms with Gasteiger partial charge in [-0.3, -0.25) is 4.79 Å². The molecule has 0 radical (unpaired) electrons. The Morgan fingerprint density at radius 1 is 1.17 bits per heavy atom. The molecule has 6 nitrogen and oxygen atoms in total. The Kier molecular flexibility index (Phi) is 5.58. The summed E-state index contributed by atoms with van der Waals surface area (Å²) < 4.78 is 32.1. The van der Waals surface area contributed by atoms with Crippen LogP contribution in [0.25, 0.3) is 6.08 Å². The monoisotopic (exact) mass is 432 g/mol. The second-order valence-corrected chi connectivity index (χ2v) is 11.5. The molecule has 3 atom stereocenters. The maximum atomic E-state index is 12.7. The van der Waals surface area contributed by atoms with Crippen LogP contribution in [0, 0.1) is 16.7 Å². The van der Waals surface area contributed by atoms with Gasteiger partial charge in [0.1, 0.15) is 0 Å². The van der Waals surface area contributed by atoms with Crippen LogP contribution in [0.5, 0.6) is 0 Å². The van der Waals surface area contributed by atoms with Crippen molar-refractivity contribution in [3.8, 4) is 0 Å². The van der Waals surface area contributed by atoms with E-state index in [2.05, 4.69) is 26.1 Å². The molecule has 2 saturated carbocycles. The topological polar surface area (TPSA) is 75.7 Å². The molecule has 30 heavy (non-hydrogen) atoms. The van der Waals surface area contributed by atoms with E-state index in [0.717, 1.165) is 12.0 Å². The summed E-state index contributed by atoms with van der Waals surface area (Å²) in [5.41, 5.74) is 1.21. The number of rotatable bonds is 5. The Morgan fingerprint density at radius 2 is 1.83 bits per heavy atom. The van der Waals surface area contributed by atoms with Gasteiger partial charge >= 0.3 is 0 Å². The lowest BCUT2D eigenvalue weighted by Gasteiger charge is -2.39. The van der Waals surface area contributed by atoms with Crippen LogP contribution in [-0.2, 0) is 19.6 Å². The molecule has 0 spiro atoms. The Hall–Kier alpha value is -1.70. The lowest BCUT2D eigenvalue weighted by Crippen LogP contribution is -2.46. The Bertz CT molecular complexity index is 932. The fourth-order valence-electron chi connectivity index (χ4n) is 5.50. The lowest BCUT2D eigenvalue weighted by molar-refractivity contribution is -0.118. The summed E-state index contributed by atoms with van der Waals surface area (Å²) in [6.45, 7) is 8.57. The van der Waals surface area contributed by atoms with E-state index in [1.54, 1.807) is 36.4 Å². The van der Waals surface area contributed by atoms with Crippen molar-refractivity contribution in [2.45, 2.75) is 51.0 Å². The van der Waals surface area contributed by atoms with E-state index in [1.165, 1.54) is 17.1 Å². The van der Waals surface area contributed by atoms with Crippen molar-refractivity contribution >= 4 is 22.0 Å². The number of morpholine rings is 1. The summed E-state index contributed by atoms with van der Waals surface area (Å²) in [7, 11) is -3.50. The van der Waals surface area contributed by atoms with Gasteiger partial charge in [-0.15, -0.1) is 0 Å². The average molecular weight is 433 g/mol. The van der Waals surface area contributed by atoms with Gasteiger partial charge in [0.25, 0.3) is 0 Å². The van der Waals surface area contributed by atoms with Crippen LogP contribution in [0.15, 0.2) is 35.2 Å². The van der Waals surface area contributed by atoms with Crippen LogP contribution in [0.3, 0.4) is 0 Å². The van der Waals surface area contributed by atoms with Crippen molar-refractivity contribution < 1.29 is 17.9 Å². The third-order valence-corrected chi connectivity index (χ3v) is 9.94. The number of carbonyl (C=O) groups is 1. The zero-order valence-electron chi connectivity index (χ0n) is 18.1. The first-order chi connectivity index (χ1) is 14.1. The number of nitrogens with one attached hydrogen (secondary N) is 1. The predicted molar refractivity (Wildman–Crippen MR) is 116 cm³/mol. The van der Waals surface area contributed by atoms with E-state index in [-0.39, 0.29) is 27.7 Å². The highest BCUT2D eigenvalue weighted by atomic mass is 32.2. The molecule has 2 bridgehead atoms. The van der Waals surface area contributed by atoms with E-state index in [9.17, 15) is 13.2 Å². The molecule has 1 amide bonds.